The molecule has 31 heavy (non-hydrogen) atoms. The molecule has 1 unspecified atom stereocenters. The number of nitrogens with one attached hydrogen (secondary N) is 1. The highest BCUT2D eigenvalue weighted by atomic mass is 16.5. The van der Waals surface area contributed by atoms with Crippen LogP contribution in [-0.2, 0) is 4.74 Å². The predicted octanol–water partition coefficient (Wildman–Crippen LogP) is 3.44. The average Bonchev–Trinajstić information content (AvgIpc) is 3.41. The smallest absolute Gasteiger partial charge is 0.321 e. The second kappa shape index (κ2) is 9.43. The minimum absolute atomic E-state index is 0.0505. The Morgan fingerprint density at radius 3 is 2.58 bits per heavy atom. The molecule has 0 aliphatic carbocycles. The zero-order valence-electron chi connectivity index (χ0n) is 18.1. The summed E-state index contributed by atoms with van der Waals surface area (Å²) in [5.41, 5.74) is 1.27. The predicted molar refractivity (Wildman–Crippen MR) is 116 cm³/mol. The molecule has 2 fully saturated rings. The van der Waals surface area contributed by atoms with E-state index in [9.17, 15) is 9.59 Å². The third kappa shape index (κ3) is 5.19. The van der Waals surface area contributed by atoms with E-state index < -0.39 is 0 Å². The van der Waals surface area contributed by atoms with Gasteiger partial charge in [-0.2, -0.15) is 0 Å². The first-order valence-electron chi connectivity index (χ1n) is 10.8. The number of carbonyl (C=O) groups is 2. The van der Waals surface area contributed by atoms with E-state index in [2.05, 4.69) is 5.32 Å². The van der Waals surface area contributed by atoms with Crippen LogP contribution in [0.4, 0.5) is 10.5 Å². The lowest BCUT2D eigenvalue weighted by Gasteiger charge is -2.34. The summed E-state index contributed by atoms with van der Waals surface area (Å²) in [6, 6.07) is 8.96. The Morgan fingerprint density at radius 2 is 1.90 bits per heavy atom. The second-order valence-corrected chi connectivity index (χ2v) is 8.01. The molecule has 0 radical (unpaired) electrons. The van der Waals surface area contributed by atoms with Crippen molar-refractivity contribution in [1.29, 1.82) is 0 Å². The van der Waals surface area contributed by atoms with Crippen molar-refractivity contribution < 1.29 is 23.5 Å². The second-order valence-electron chi connectivity index (χ2n) is 8.01. The summed E-state index contributed by atoms with van der Waals surface area (Å²) in [6.45, 7) is 6.86. The van der Waals surface area contributed by atoms with Crippen LogP contribution in [0.25, 0.3) is 0 Å². The number of carbonyl (C=O) groups excluding carboxylic acids is 2. The number of benzene rings is 1. The van der Waals surface area contributed by atoms with Crippen molar-refractivity contribution in [2.75, 3.05) is 44.7 Å². The number of furan rings is 1. The fourth-order valence-corrected chi connectivity index (χ4v) is 3.96. The van der Waals surface area contributed by atoms with Gasteiger partial charge in [-0.3, -0.25) is 4.79 Å². The van der Waals surface area contributed by atoms with Gasteiger partial charge in [-0.25, -0.2) is 4.79 Å². The van der Waals surface area contributed by atoms with Gasteiger partial charge >= 0.3 is 6.03 Å². The Morgan fingerprint density at radius 1 is 1.13 bits per heavy atom. The molecule has 166 valence electrons. The Kier molecular flexibility index (Phi) is 6.46. The van der Waals surface area contributed by atoms with Gasteiger partial charge in [-0.05, 0) is 44.9 Å². The van der Waals surface area contributed by atoms with Gasteiger partial charge in [-0.15, -0.1) is 0 Å². The van der Waals surface area contributed by atoms with Crippen LogP contribution in [0.2, 0.25) is 0 Å². The highest BCUT2D eigenvalue weighted by Gasteiger charge is 2.27. The van der Waals surface area contributed by atoms with E-state index in [0.717, 1.165) is 25.2 Å². The van der Waals surface area contributed by atoms with Crippen LogP contribution < -0.4 is 10.1 Å². The van der Waals surface area contributed by atoms with Crippen LogP contribution in [0.3, 0.4) is 0 Å². The number of hydrogen-bond donors (Lipinski definition) is 1. The Hall–Kier alpha value is -3.00. The molecule has 0 saturated carbocycles. The van der Waals surface area contributed by atoms with E-state index in [1.54, 1.807) is 22.8 Å². The van der Waals surface area contributed by atoms with Gasteiger partial charge in [-0.1, -0.05) is 6.07 Å². The maximum atomic E-state index is 12.7. The zero-order valence-corrected chi connectivity index (χ0v) is 18.1. The quantitative estimate of drug-likeness (QED) is 0.790. The highest BCUT2D eigenvalue weighted by molar-refractivity contribution is 5.95. The van der Waals surface area contributed by atoms with Crippen molar-refractivity contribution in [3.63, 3.8) is 0 Å². The van der Waals surface area contributed by atoms with E-state index in [0.29, 0.717) is 55.5 Å². The maximum Gasteiger partial charge on any atom is 0.321 e. The van der Waals surface area contributed by atoms with E-state index in [1.165, 1.54) is 0 Å². The van der Waals surface area contributed by atoms with Gasteiger partial charge in [0.15, 0.2) is 0 Å². The molecule has 0 bridgehead atoms. The molecular weight excluding hydrogens is 398 g/mol. The number of rotatable bonds is 5. The van der Waals surface area contributed by atoms with E-state index in [4.69, 9.17) is 13.9 Å². The van der Waals surface area contributed by atoms with E-state index in [-0.39, 0.29) is 18.0 Å². The van der Waals surface area contributed by atoms with Gasteiger partial charge < -0.3 is 29.0 Å². The van der Waals surface area contributed by atoms with Gasteiger partial charge in [0.1, 0.15) is 23.9 Å². The lowest BCUT2D eigenvalue weighted by atomic mass is 10.2. The molecule has 3 heterocycles. The van der Waals surface area contributed by atoms with Crippen LogP contribution in [0.15, 0.2) is 34.7 Å². The molecule has 2 aromatic rings. The molecule has 1 aromatic heterocycles. The van der Waals surface area contributed by atoms with Crippen molar-refractivity contribution in [3.05, 3.63) is 47.4 Å². The summed E-state index contributed by atoms with van der Waals surface area (Å²) in [5, 5.41) is 2.93. The Balaban J connectivity index is 1.27. The van der Waals surface area contributed by atoms with E-state index >= 15 is 0 Å². The SMILES string of the molecule is Cc1cc(C(=O)N2CCN(C(=O)Nc3cccc(OCC4CCCO4)c3)CC2)c(C)o1. The van der Waals surface area contributed by atoms with Crippen molar-refractivity contribution in [1.82, 2.24) is 9.80 Å². The van der Waals surface area contributed by atoms with Crippen LogP contribution in [-0.4, -0.2) is 67.2 Å². The molecule has 8 heteroatoms. The van der Waals surface area contributed by atoms with Crippen molar-refractivity contribution in [3.8, 4) is 5.75 Å². The first-order chi connectivity index (χ1) is 15.0. The number of anilines is 1. The third-order valence-corrected chi connectivity index (χ3v) is 5.67. The monoisotopic (exact) mass is 427 g/mol. The minimum atomic E-state index is -0.182. The van der Waals surface area contributed by atoms with Crippen LogP contribution in [0, 0.1) is 13.8 Å². The number of nitrogens with zero attached hydrogens (tertiary/aromatic N) is 2. The summed E-state index contributed by atoms with van der Waals surface area (Å²) >= 11 is 0. The fraction of sp³-hybridized carbons (Fsp3) is 0.478. The Labute approximate surface area is 182 Å². The van der Waals surface area contributed by atoms with Crippen LogP contribution in [0.5, 0.6) is 5.75 Å². The zero-order chi connectivity index (χ0) is 21.8. The summed E-state index contributed by atoms with van der Waals surface area (Å²) < 4.78 is 16.9. The van der Waals surface area contributed by atoms with Gasteiger partial charge in [0.2, 0.25) is 0 Å². The summed E-state index contributed by atoms with van der Waals surface area (Å²) in [7, 11) is 0. The first kappa shape index (κ1) is 21.2. The molecule has 2 saturated heterocycles. The molecule has 8 nitrogen and oxygen atoms in total. The number of amides is 3. The number of hydrogen-bond acceptors (Lipinski definition) is 5. The maximum absolute atomic E-state index is 12.7. The normalized spacial score (nSPS) is 18.8. The first-order valence-corrected chi connectivity index (χ1v) is 10.8. The van der Waals surface area contributed by atoms with Crippen molar-refractivity contribution in [2.24, 2.45) is 0 Å². The lowest BCUT2D eigenvalue weighted by Crippen LogP contribution is -2.51. The number of urea groups is 1. The van der Waals surface area contributed by atoms with Crippen LogP contribution in [0.1, 0.15) is 34.7 Å². The summed E-state index contributed by atoms with van der Waals surface area (Å²) in [4.78, 5) is 28.9. The third-order valence-electron chi connectivity index (χ3n) is 5.67. The molecule has 0 spiro atoms. The Bertz CT molecular complexity index is 927. The van der Waals surface area contributed by atoms with Gasteiger partial charge in [0.05, 0.1) is 11.7 Å². The number of piperazine rings is 1. The minimum Gasteiger partial charge on any atom is -0.491 e. The topological polar surface area (TPSA) is 84.3 Å². The highest BCUT2D eigenvalue weighted by Crippen LogP contribution is 2.21. The summed E-state index contributed by atoms with van der Waals surface area (Å²) in [6.07, 6.45) is 2.24. The summed E-state index contributed by atoms with van der Waals surface area (Å²) in [5.74, 6) is 2.00. The molecule has 1 aromatic carbocycles. The average molecular weight is 428 g/mol. The van der Waals surface area contributed by atoms with Crippen molar-refractivity contribution in [2.45, 2.75) is 32.8 Å². The largest absolute Gasteiger partial charge is 0.491 e. The molecule has 2 aliphatic rings. The molecular formula is C23H29N3O5. The molecule has 4 rings (SSSR count). The standard InChI is InChI=1S/C23H29N3O5/c1-16-13-21(17(2)31-16)22(27)25-8-10-26(11-9-25)23(28)24-18-5-3-6-19(14-18)30-15-20-7-4-12-29-20/h3,5-6,13-14,20H,4,7-12,15H2,1-2H3,(H,24,28). The van der Waals surface area contributed by atoms with Gasteiger partial charge in [0, 0.05) is 44.5 Å². The molecule has 2 aliphatic heterocycles. The number of aryl methyl sites for hydroxylation is 2. The van der Waals surface area contributed by atoms with E-state index in [1.807, 2.05) is 31.2 Å². The lowest BCUT2D eigenvalue weighted by molar-refractivity contribution is 0.0670. The number of ether oxygens (including phenoxy) is 2. The fourth-order valence-electron chi connectivity index (χ4n) is 3.96. The molecule has 1 N–H and O–H groups in total. The molecule has 3 amide bonds. The molecule has 1 atom stereocenters. The van der Waals surface area contributed by atoms with Crippen molar-refractivity contribution >= 4 is 17.6 Å². The van der Waals surface area contributed by atoms with Gasteiger partial charge in [0.25, 0.3) is 5.91 Å². The van der Waals surface area contributed by atoms with Crippen LogP contribution >= 0.6 is 0 Å².